The molecule has 4 nitrogen and oxygen atoms in total. The fourth-order valence-electron chi connectivity index (χ4n) is 3.12. The quantitative estimate of drug-likeness (QED) is 0.868. The predicted octanol–water partition coefficient (Wildman–Crippen LogP) is 1.86. The van der Waals surface area contributed by atoms with E-state index in [0.717, 1.165) is 26.2 Å². The molecule has 0 amide bonds. The van der Waals surface area contributed by atoms with Crippen LogP contribution in [-0.2, 0) is 11.3 Å². The van der Waals surface area contributed by atoms with Crippen LogP contribution >= 0.6 is 0 Å². The number of methoxy groups -OCH3 is 1. The van der Waals surface area contributed by atoms with Crippen LogP contribution in [0.1, 0.15) is 31.0 Å². The van der Waals surface area contributed by atoms with Gasteiger partial charge >= 0.3 is 0 Å². The van der Waals surface area contributed by atoms with Gasteiger partial charge in [0.1, 0.15) is 0 Å². The zero-order valence-corrected chi connectivity index (χ0v) is 13.6. The molecule has 0 bridgehead atoms. The zero-order chi connectivity index (χ0) is 15.2. The molecule has 0 spiro atoms. The number of rotatable bonds is 6. The van der Waals surface area contributed by atoms with Crippen LogP contribution in [0.4, 0.5) is 0 Å². The summed E-state index contributed by atoms with van der Waals surface area (Å²) in [6.07, 6.45) is 0. The molecule has 1 aliphatic rings. The smallest absolute Gasteiger partial charge is 0.0713 e. The molecule has 1 atom stereocenters. The van der Waals surface area contributed by atoms with Gasteiger partial charge in [-0.2, -0.15) is 0 Å². The van der Waals surface area contributed by atoms with Gasteiger partial charge in [0.05, 0.1) is 6.61 Å². The summed E-state index contributed by atoms with van der Waals surface area (Å²) in [5.74, 6) is 0. The number of nitrogens with two attached hydrogens (primary N) is 1. The second-order valence-corrected chi connectivity index (χ2v) is 6.10. The number of nitrogens with zero attached hydrogens (tertiary/aromatic N) is 2. The van der Waals surface area contributed by atoms with Crippen molar-refractivity contribution in [2.45, 2.75) is 32.5 Å². The second-order valence-electron chi connectivity index (χ2n) is 6.10. The molecule has 0 radical (unpaired) electrons. The Hall–Kier alpha value is -0.940. The van der Waals surface area contributed by atoms with Gasteiger partial charge in [0, 0.05) is 51.9 Å². The van der Waals surface area contributed by atoms with E-state index < -0.39 is 0 Å². The van der Waals surface area contributed by atoms with Crippen molar-refractivity contribution in [3.63, 3.8) is 0 Å². The molecular weight excluding hydrogens is 262 g/mol. The van der Waals surface area contributed by atoms with Crippen molar-refractivity contribution in [3.05, 3.63) is 35.4 Å². The lowest BCUT2D eigenvalue weighted by Gasteiger charge is -2.40. The molecule has 0 aromatic heterocycles. The Balaban J connectivity index is 2.04. The molecule has 0 saturated carbocycles. The molecule has 1 saturated heterocycles. The number of piperazine rings is 1. The third kappa shape index (κ3) is 4.27. The monoisotopic (exact) mass is 291 g/mol. The third-order valence-electron chi connectivity index (χ3n) is 4.39. The number of ether oxygens (including phenoxy) is 1. The van der Waals surface area contributed by atoms with Gasteiger partial charge in [0.15, 0.2) is 0 Å². The minimum atomic E-state index is 0.316. The average Bonchev–Trinajstić information content (AvgIpc) is 2.49. The molecule has 21 heavy (non-hydrogen) atoms. The van der Waals surface area contributed by atoms with Crippen LogP contribution in [0.25, 0.3) is 0 Å². The number of hydrogen-bond acceptors (Lipinski definition) is 4. The minimum Gasteiger partial charge on any atom is -0.380 e. The van der Waals surface area contributed by atoms with Crippen molar-refractivity contribution in [1.29, 1.82) is 0 Å². The van der Waals surface area contributed by atoms with Gasteiger partial charge in [-0.3, -0.25) is 9.80 Å². The van der Waals surface area contributed by atoms with Crippen molar-refractivity contribution in [2.75, 3.05) is 39.8 Å². The van der Waals surface area contributed by atoms with Crippen LogP contribution in [0.5, 0.6) is 0 Å². The number of hydrogen-bond donors (Lipinski definition) is 1. The Labute approximate surface area is 128 Å². The van der Waals surface area contributed by atoms with Crippen LogP contribution in [0, 0.1) is 0 Å². The SMILES string of the molecule is COCc1cccc(C(CN)N2CCN(C(C)C)CC2)c1. The van der Waals surface area contributed by atoms with Gasteiger partial charge in [-0.1, -0.05) is 24.3 Å². The first-order valence-electron chi connectivity index (χ1n) is 7.91. The summed E-state index contributed by atoms with van der Waals surface area (Å²) in [5, 5.41) is 0. The summed E-state index contributed by atoms with van der Waals surface area (Å²) < 4.78 is 5.23. The molecule has 1 aromatic carbocycles. The molecule has 2 rings (SSSR count). The first-order valence-corrected chi connectivity index (χ1v) is 7.91. The molecule has 1 heterocycles. The number of benzene rings is 1. The van der Waals surface area contributed by atoms with Crippen LogP contribution in [0.15, 0.2) is 24.3 Å². The van der Waals surface area contributed by atoms with Crippen molar-refractivity contribution < 1.29 is 4.74 Å². The average molecular weight is 291 g/mol. The Morgan fingerprint density at radius 3 is 2.38 bits per heavy atom. The van der Waals surface area contributed by atoms with E-state index >= 15 is 0 Å². The summed E-state index contributed by atoms with van der Waals surface area (Å²) in [4.78, 5) is 5.05. The van der Waals surface area contributed by atoms with E-state index in [-0.39, 0.29) is 0 Å². The van der Waals surface area contributed by atoms with E-state index in [1.165, 1.54) is 11.1 Å². The Morgan fingerprint density at radius 2 is 1.81 bits per heavy atom. The Bertz CT molecular complexity index is 428. The Kier molecular flexibility index (Phi) is 6.18. The zero-order valence-electron chi connectivity index (χ0n) is 13.6. The summed E-state index contributed by atoms with van der Waals surface area (Å²) in [5.41, 5.74) is 8.59. The summed E-state index contributed by atoms with van der Waals surface area (Å²) in [6, 6.07) is 9.58. The van der Waals surface area contributed by atoms with Crippen LogP contribution in [0.2, 0.25) is 0 Å². The van der Waals surface area contributed by atoms with E-state index in [1.54, 1.807) is 7.11 Å². The topological polar surface area (TPSA) is 41.7 Å². The summed E-state index contributed by atoms with van der Waals surface area (Å²) >= 11 is 0. The summed E-state index contributed by atoms with van der Waals surface area (Å²) in [7, 11) is 1.73. The maximum absolute atomic E-state index is 6.07. The van der Waals surface area contributed by atoms with E-state index in [1.807, 2.05) is 0 Å². The Morgan fingerprint density at radius 1 is 1.14 bits per heavy atom. The molecule has 4 heteroatoms. The van der Waals surface area contributed by atoms with Gasteiger partial charge < -0.3 is 10.5 Å². The van der Waals surface area contributed by atoms with Gasteiger partial charge in [0.2, 0.25) is 0 Å². The maximum atomic E-state index is 6.07. The van der Waals surface area contributed by atoms with Crippen LogP contribution < -0.4 is 5.73 Å². The van der Waals surface area contributed by atoms with E-state index in [2.05, 4.69) is 47.9 Å². The van der Waals surface area contributed by atoms with E-state index in [4.69, 9.17) is 10.5 Å². The molecule has 1 fully saturated rings. The molecule has 1 aromatic rings. The van der Waals surface area contributed by atoms with Gasteiger partial charge in [-0.25, -0.2) is 0 Å². The molecule has 118 valence electrons. The lowest BCUT2D eigenvalue weighted by Crippen LogP contribution is -2.50. The largest absolute Gasteiger partial charge is 0.380 e. The highest BCUT2D eigenvalue weighted by Crippen LogP contribution is 2.23. The van der Waals surface area contributed by atoms with Crippen molar-refractivity contribution >= 4 is 0 Å². The van der Waals surface area contributed by atoms with Gasteiger partial charge in [-0.05, 0) is 25.0 Å². The van der Waals surface area contributed by atoms with Crippen molar-refractivity contribution in [3.8, 4) is 0 Å². The highest BCUT2D eigenvalue weighted by Gasteiger charge is 2.25. The summed E-state index contributed by atoms with van der Waals surface area (Å²) in [6.45, 7) is 10.3. The highest BCUT2D eigenvalue weighted by molar-refractivity contribution is 5.26. The first kappa shape index (κ1) is 16.4. The van der Waals surface area contributed by atoms with E-state index in [0.29, 0.717) is 25.2 Å². The first-order chi connectivity index (χ1) is 10.2. The fraction of sp³-hybridized carbons (Fsp3) is 0.647. The predicted molar refractivity (Wildman–Crippen MR) is 87.2 cm³/mol. The standard InChI is InChI=1S/C17H29N3O/c1-14(2)19-7-9-20(10-8-19)17(12-18)16-6-4-5-15(11-16)13-21-3/h4-6,11,14,17H,7-10,12-13,18H2,1-3H3. The molecular formula is C17H29N3O. The highest BCUT2D eigenvalue weighted by atomic mass is 16.5. The minimum absolute atomic E-state index is 0.316. The molecule has 0 aliphatic carbocycles. The maximum Gasteiger partial charge on any atom is 0.0713 e. The van der Waals surface area contributed by atoms with Crippen molar-refractivity contribution in [2.24, 2.45) is 5.73 Å². The molecule has 1 unspecified atom stereocenters. The van der Waals surface area contributed by atoms with E-state index in [9.17, 15) is 0 Å². The fourth-order valence-corrected chi connectivity index (χ4v) is 3.12. The lowest BCUT2D eigenvalue weighted by molar-refractivity contribution is 0.0801. The van der Waals surface area contributed by atoms with Crippen LogP contribution in [-0.4, -0.2) is 55.7 Å². The normalized spacial score (nSPS) is 19.1. The lowest BCUT2D eigenvalue weighted by atomic mass is 10.0. The van der Waals surface area contributed by atoms with Crippen molar-refractivity contribution in [1.82, 2.24) is 9.80 Å². The second kappa shape index (κ2) is 7.90. The molecule has 2 N–H and O–H groups in total. The molecule has 1 aliphatic heterocycles. The third-order valence-corrected chi connectivity index (χ3v) is 4.39. The van der Waals surface area contributed by atoms with Gasteiger partial charge in [0.25, 0.3) is 0 Å². The van der Waals surface area contributed by atoms with Crippen LogP contribution in [0.3, 0.4) is 0 Å². The van der Waals surface area contributed by atoms with Gasteiger partial charge in [-0.15, -0.1) is 0 Å².